The number of carbonyl (C=O) groups is 3. The van der Waals surface area contributed by atoms with Crippen LogP contribution in [0.4, 0.5) is 0 Å². The minimum absolute atomic E-state index is 0.0321. The van der Waals surface area contributed by atoms with Crippen LogP contribution in [0.1, 0.15) is 24.0 Å². The molecule has 0 spiro atoms. The Labute approximate surface area is 204 Å². The number of benzene rings is 2. The molecule has 190 valence electrons. The van der Waals surface area contributed by atoms with E-state index in [0.29, 0.717) is 11.1 Å². The third-order valence-corrected chi connectivity index (χ3v) is 5.51. The lowest BCUT2D eigenvalue weighted by atomic mass is 9.79. The second-order valence-electron chi connectivity index (χ2n) is 8.17. The summed E-state index contributed by atoms with van der Waals surface area (Å²) >= 11 is 0. The molecule has 36 heavy (non-hydrogen) atoms. The minimum atomic E-state index is -2.30. The molecule has 0 amide bonds. The highest BCUT2D eigenvalue weighted by Crippen LogP contribution is 2.35. The number of aliphatic hydroxyl groups excluding tert-OH is 2. The number of aliphatic carboxylic acids is 1. The molecule has 0 heterocycles. The van der Waals surface area contributed by atoms with E-state index in [4.69, 9.17) is 9.47 Å². The van der Waals surface area contributed by atoms with E-state index in [9.17, 15) is 45.0 Å². The van der Waals surface area contributed by atoms with Crippen molar-refractivity contribution in [1.29, 1.82) is 0 Å². The molecule has 0 unspecified atom stereocenters. The van der Waals surface area contributed by atoms with Gasteiger partial charge in [0, 0.05) is 25.0 Å². The van der Waals surface area contributed by atoms with Crippen molar-refractivity contribution in [3.63, 3.8) is 0 Å². The number of esters is 2. The Kier molecular flexibility index (Phi) is 7.97. The molecule has 0 radical (unpaired) electrons. The summed E-state index contributed by atoms with van der Waals surface area (Å²) in [6.45, 7) is 0. The van der Waals surface area contributed by atoms with Crippen molar-refractivity contribution in [2.75, 3.05) is 0 Å². The van der Waals surface area contributed by atoms with Crippen LogP contribution in [0.5, 0.6) is 17.2 Å². The number of hydrogen-bond donors (Lipinski definition) is 6. The van der Waals surface area contributed by atoms with Crippen LogP contribution in [-0.2, 0) is 23.9 Å². The van der Waals surface area contributed by atoms with Crippen molar-refractivity contribution in [1.82, 2.24) is 0 Å². The molecule has 1 fully saturated rings. The van der Waals surface area contributed by atoms with Crippen LogP contribution in [0.3, 0.4) is 0 Å². The molecule has 0 aromatic heterocycles. The Hall–Kier alpha value is -4.35. The summed E-state index contributed by atoms with van der Waals surface area (Å²) in [7, 11) is 0. The molecule has 2 aromatic carbocycles. The van der Waals surface area contributed by atoms with Gasteiger partial charge in [-0.3, -0.25) is 0 Å². The summed E-state index contributed by atoms with van der Waals surface area (Å²) in [5.41, 5.74) is -1.45. The zero-order chi connectivity index (χ0) is 26.5. The fourth-order valence-corrected chi connectivity index (χ4v) is 3.62. The van der Waals surface area contributed by atoms with Gasteiger partial charge in [0.15, 0.2) is 11.5 Å². The maximum absolute atomic E-state index is 12.4. The number of aliphatic hydroxyl groups is 2. The Bertz CT molecular complexity index is 1180. The van der Waals surface area contributed by atoms with Gasteiger partial charge in [0.1, 0.15) is 18.0 Å². The van der Waals surface area contributed by atoms with Gasteiger partial charge in [0.05, 0.1) is 6.10 Å². The molecule has 2 aromatic rings. The van der Waals surface area contributed by atoms with Crippen molar-refractivity contribution >= 4 is 30.1 Å². The predicted molar refractivity (Wildman–Crippen MR) is 124 cm³/mol. The number of carbonyl (C=O) groups excluding carboxylic acids is 2. The van der Waals surface area contributed by atoms with E-state index < -0.39 is 60.4 Å². The van der Waals surface area contributed by atoms with E-state index in [2.05, 4.69) is 0 Å². The predicted octanol–water partition coefficient (Wildman–Crippen LogP) is 1.32. The topological polar surface area (TPSA) is 191 Å². The van der Waals surface area contributed by atoms with Crippen LogP contribution in [-0.4, -0.2) is 72.5 Å². The third-order valence-electron chi connectivity index (χ3n) is 5.51. The summed E-state index contributed by atoms with van der Waals surface area (Å²) < 4.78 is 10.3. The van der Waals surface area contributed by atoms with Gasteiger partial charge in [-0.25, -0.2) is 14.4 Å². The lowest BCUT2D eigenvalue weighted by Gasteiger charge is -2.41. The Morgan fingerprint density at radius 1 is 0.833 bits per heavy atom. The molecule has 1 aliphatic rings. The number of phenols is 3. The molecule has 3 rings (SSSR count). The third kappa shape index (κ3) is 6.40. The van der Waals surface area contributed by atoms with Gasteiger partial charge in [0.25, 0.3) is 0 Å². The molecular weight excluding hydrogens is 476 g/mol. The van der Waals surface area contributed by atoms with Crippen LogP contribution in [0.15, 0.2) is 54.6 Å². The van der Waals surface area contributed by atoms with Gasteiger partial charge >= 0.3 is 17.9 Å². The average molecular weight is 500 g/mol. The van der Waals surface area contributed by atoms with Gasteiger partial charge < -0.3 is 40.1 Å². The zero-order valence-corrected chi connectivity index (χ0v) is 18.7. The van der Waals surface area contributed by atoms with E-state index >= 15 is 0 Å². The minimum Gasteiger partial charge on any atom is -0.508 e. The SMILES string of the molecule is O=C(/C=C/c1ccc(O)cc1)O[C@@H]1C[C@](OC(=O)/C=C/c2ccc(O)c(O)c2)(C(=O)O)C[C@@H](O)[C@H]1O. The lowest BCUT2D eigenvalue weighted by molar-refractivity contribution is -0.207. The zero-order valence-electron chi connectivity index (χ0n) is 18.7. The number of carboxylic acid groups (broad SMARTS) is 1. The number of phenolic OH excluding ortho intramolecular Hbond substituents is 3. The van der Waals surface area contributed by atoms with Crippen molar-refractivity contribution in [3.8, 4) is 17.2 Å². The Morgan fingerprint density at radius 2 is 1.44 bits per heavy atom. The summed E-state index contributed by atoms with van der Waals surface area (Å²) in [5.74, 6) is -4.43. The smallest absolute Gasteiger partial charge is 0.348 e. The van der Waals surface area contributed by atoms with Crippen LogP contribution in [0.25, 0.3) is 12.2 Å². The number of rotatable bonds is 7. The van der Waals surface area contributed by atoms with E-state index in [0.717, 1.165) is 18.2 Å². The van der Waals surface area contributed by atoms with E-state index in [1.165, 1.54) is 48.6 Å². The summed E-state index contributed by atoms with van der Waals surface area (Å²) in [6, 6.07) is 9.59. The second-order valence-corrected chi connectivity index (χ2v) is 8.17. The fourth-order valence-electron chi connectivity index (χ4n) is 3.62. The Morgan fingerprint density at radius 3 is 2.08 bits per heavy atom. The first-order chi connectivity index (χ1) is 17.0. The molecule has 1 aliphatic carbocycles. The lowest BCUT2D eigenvalue weighted by Crippen LogP contribution is -2.58. The molecule has 6 N–H and O–H groups in total. The highest BCUT2D eigenvalue weighted by molar-refractivity contribution is 5.91. The van der Waals surface area contributed by atoms with Gasteiger partial charge in [-0.05, 0) is 47.5 Å². The normalized spacial score (nSPS) is 24.0. The van der Waals surface area contributed by atoms with Crippen LogP contribution < -0.4 is 0 Å². The number of ether oxygens (including phenoxy) is 2. The highest BCUT2D eigenvalue weighted by Gasteiger charge is 2.54. The number of aromatic hydroxyl groups is 3. The van der Waals surface area contributed by atoms with Gasteiger partial charge in [-0.2, -0.15) is 0 Å². The first-order valence-electron chi connectivity index (χ1n) is 10.7. The van der Waals surface area contributed by atoms with E-state index in [1.54, 1.807) is 0 Å². The average Bonchev–Trinajstić information content (AvgIpc) is 2.82. The summed E-state index contributed by atoms with van der Waals surface area (Å²) in [5, 5.41) is 58.5. The van der Waals surface area contributed by atoms with Gasteiger partial charge in [-0.15, -0.1) is 0 Å². The van der Waals surface area contributed by atoms with Gasteiger partial charge in [0.2, 0.25) is 5.60 Å². The van der Waals surface area contributed by atoms with Crippen molar-refractivity contribution in [3.05, 3.63) is 65.7 Å². The van der Waals surface area contributed by atoms with Crippen molar-refractivity contribution < 1.29 is 54.5 Å². The first kappa shape index (κ1) is 26.3. The molecular formula is C25H24O11. The Balaban J connectivity index is 1.72. The maximum Gasteiger partial charge on any atom is 0.348 e. The van der Waals surface area contributed by atoms with Crippen LogP contribution in [0, 0.1) is 0 Å². The summed E-state index contributed by atoms with van der Waals surface area (Å²) in [6.07, 6.45) is -1.62. The van der Waals surface area contributed by atoms with Crippen LogP contribution in [0.2, 0.25) is 0 Å². The standard InChI is InChI=1S/C25H24O11/c26-16-6-1-14(2-7-16)4-9-21(30)35-20-13-25(24(33)34,12-19(29)23(20)32)36-22(31)10-5-15-3-8-17(27)18(28)11-15/h1-11,19-20,23,26-29,32H,12-13H2,(H,33,34)/b9-4+,10-5+/t19-,20-,23-,25+/m1/s1. The maximum atomic E-state index is 12.4. The highest BCUT2D eigenvalue weighted by atomic mass is 16.6. The van der Waals surface area contributed by atoms with E-state index in [1.807, 2.05) is 0 Å². The monoisotopic (exact) mass is 500 g/mol. The van der Waals surface area contributed by atoms with Gasteiger partial charge in [-0.1, -0.05) is 18.2 Å². The fraction of sp³-hybridized carbons (Fsp3) is 0.240. The second kappa shape index (κ2) is 10.9. The number of hydrogen-bond acceptors (Lipinski definition) is 10. The molecule has 0 bridgehead atoms. The molecule has 1 saturated carbocycles. The molecule has 11 heteroatoms. The molecule has 0 aliphatic heterocycles. The van der Waals surface area contributed by atoms with E-state index in [-0.39, 0.29) is 11.5 Å². The quantitative estimate of drug-likeness (QED) is 0.183. The first-order valence-corrected chi connectivity index (χ1v) is 10.7. The molecule has 11 nitrogen and oxygen atoms in total. The van der Waals surface area contributed by atoms with Crippen molar-refractivity contribution in [2.45, 2.75) is 36.8 Å². The van der Waals surface area contributed by atoms with Crippen LogP contribution >= 0.6 is 0 Å². The molecule has 4 atom stereocenters. The largest absolute Gasteiger partial charge is 0.508 e. The summed E-state index contributed by atoms with van der Waals surface area (Å²) in [4.78, 5) is 36.7. The van der Waals surface area contributed by atoms with Crippen molar-refractivity contribution in [2.24, 2.45) is 0 Å². The number of carboxylic acids is 1. The molecule has 0 saturated heterocycles.